The average molecular weight is 389 g/mol. The lowest BCUT2D eigenvalue weighted by Crippen LogP contribution is -2.37. The van der Waals surface area contributed by atoms with Gasteiger partial charge in [0.15, 0.2) is 0 Å². The van der Waals surface area contributed by atoms with Gasteiger partial charge in [-0.2, -0.15) is 0 Å². The lowest BCUT2D eigenvalue weighted by Gasteiger charge is -2.23. The number of likely N-dealkylation sites (N-methyl/N-ethyl adjacent to an activating group) is 1. The molecule has 0 aliphatic rings. The first-order valence-electron chi connectivity index (χ1n) is 9.78. The highest BCUT2D eigenvalue weighted by Gasteiger charge is 2.18. The number of hydrogen-bond donors (Lipinski definition) is 1. The molecule has 0 radical (unpaired) electrons. The Morgan fingerprint density at radius 1 is 0.966 bits per heavy atom. The number of aryl methyl sites for hydroxylation is 1. The quantitative estimate of drug-likeness (QED) is 0.624. The molecule has 0 aliphatic carbocycles. The normalized spacial score (nSPS) is 10.9. The maximum atomic E-state index is 12.8. The summed E-state index contributed by atoms with van der Waals surface area (Å²) in [4.78, 5) is 14.8. The highest BCUT2D eigenvalue weighted by Crippen LogP contribution is 2.23. The summed E-state index contributed by atoms with van der Waals surface area (Å²) in [6, 6.07) is 26.0. The fourth-order valence-corrected chi connectivity index (χ4v) is 3.48. The molecule has 0 aromatic heterocycles. The van der Waals surface area contributed by atoms with Crippen molar-refractivity contribution in [2.24, 2.45) is 0 Å². The first kappa shape index (κ1) is 20.6. The molecule has 29 heavy (non-hydrogen) atoms. The highest BCUT2D eigenvalue weighted by atomic mass is 16.5. The number of carbonyl (C=O) groups is 1. The van der Waals surface area contributed by atoms with Crippen molar-refractivity contribution in [1.29, 1.82) is 0 Å². The molecule has 1 amide bonds. The van der Waals surface area contributed by atoms with Crippen LogP contribution in [0.3, 0.4) is 0 Å². The predicted octanol–water partition coefficient (Wildman–Crippen LogP) is 4.34. The van der Waals surface area contributed by atoms with Gasteiger partial charge in [-0.25, -0.2) is 0 Å². The van der Waals surface area contributed by atoms with E-state index >= 15 is 0 Å². The summed E-state index contributed by atoms with van der Waals surface area (Å²) in [6.45, 7) is 2.99. The zero-order chi connectivity index (χ0) is 20.6. The van der Waals surface area contributed by atoms with Crippen molar-refractivity contribution < 1.29 is 9.53 Å². The van der Waals surface area contributed by atoms with Gasteiger partial charge in [0.25, 0.3) is 0 Å². The minimum atomic E-state index is -0.174. The summed E-state index contributed by atoms with van der Waals surface area (Å²) in [7, 11) is 3.62. The van der Waals surface area contributed by atoms with Gasteiger partial charge < -0.3 is 10.1 Å². The molecule has 0 fully saturated rings. The maximum absolute atomic E-state index is 12.8. The van der Waals surface area contributed by atoms with E-state index in [-0.39, 0.29) is 11.9 Å². The SMILES string of the molecule is COc1ccc(C)cc1CN(C)CC(=O)NC(c1ccccc1)c1ccccc1. The van der Waals surface area contributed by atoms with Gasteiger partial charge in [0.1, 0.15) is 5.75 Å². The summed E-state index contributed by atoms with van der Waals surface area (Å²) in [5.41, 5.74) is 4.38. The van der Waals surface area contributed by atoms with Crippen LogP contribution in [-0.4, -0.2) is 31.5 Å². The van der Waals surface area contributed by atoms with Crippen molar-refractivity contribution in [2.75, 3.05) is 20.7 Å². The van der Waals surface area contributed by atoms with Gasteiger partial charge >= 0.3 is 0 Å². The van der Waals surface area contributed by atoms with Crippen LogP contribution in [0.1, 0.15) is 28.3 Å². The zero-order valence-corrected chi connectivity index (χ0v) is 17.3. The van der Waals surface area contributed by atoms with E-state index in [0.29, 0.717) is 13.1 Å². The molecular weight excluding hydrogens is 360 g/mol. The third-order valence-corrected chi connectivity index (χ3v) is 4.86. The van der Waals surface area contributed by atoms with Gasteiger partial charge in [-0.05, 0) is 31.2 Å². The molecule has 0 spiro atoms. The van der Waals surface area contributed by atoms with Crippen molar-refractivity contribution in [1.82, 2.24) is 10.2 Å². The molecule has 0 aliphatic heterocycles. The summed E-state index contributed by atoms with van der Waals surface area (Å²) < 4.78 is 5.46. The van der Waals surface area contributed by atoms with E-state index in [1.165, 1.54) is 5.56 Å². The van der Waals surface area contributed by atoms with Crippen LogP contribution < -0.4 is 10.1 Å². The number of ether oxygens (including phenoxy) is 1. The maximum Gasteiger partial charge on any atom is 0.234 e. The first-order chi connectivity index (χ1) is 14.1. The van der Waals surface area contributed by atoms with Crippen LogP contribution in [0.15, 0.2) is 78.9 Å². The Morgan fingerprint density at radius 3 is 2.10 bits per heavy atom. The van der Waals surface area contributed by atoms with Gasteiger partial charge in [0, 0.05) is 12.1 Å². The molecule has 1 N–H and O–H groups in total. The van der Waals surface area contributed by atoms with E-state index in [4.69, 9.17) is 4.74 Å². The molecule has 0 saturated heterocycles. The third kappa shape index (κ3) is 5.69. The van der Waals surface area contributed by atoms with Crippen LogP contribution in [0.25, 0.3) is 0 Å². The van der Waals surface area contributed by atoms with Crippen LogP contribution in [-0.2, 0) is 11.3 Å². The number of nitrogens with one attached hydrogen (secondary N) is 1. The molecule has 3 rings (SSSR count). The monoisotopic (exact) mass is 388 g/mol. The smallest absolute Gasteiger partial charge is 0.234 e. The number of nitrogens with zero attached hydrogens (tertiary/aromatic N) is 1. The second-order valence-electron chi connectivity index (χ2n) is 7.31. The van der Waals surface area contributed by atoms with Crippen molar-refractivity contribution in [3.63, 3.8) is 0 Å². The van der Waals surface area contributed by atoms with Gasteiger partial charge in [-0.15, -0.1) is 0 Å². The zero-order valence-electron chi connectivity index (χ0n) is 17.3. The number of carbonyl (C=O) groups excluding carboxylic acids is 1. The lowest BCUT2D eigenvalue weighted by molar-refractivity contribution is -0.122. The molecule has 0 heterocycles. The van der Waals surface area contributed by atoms with Crippen molar-refractivity contribution in [3.8, 4) is 5.75 Å². The Morgan fingerprint density at radius 2 is 1.55 bits per heavy atom. The Hall–Kier alpha value is -3.11. The van der Waals surface area contributed by atoms with Crippen LogP contribution in [0, 0.1) is 6.92 Å². The van der Waals surface area contributed by atoms with Crippen molar-refractivity contribution in [2.45, 2.75) is 19.5 Å². The standard InChI is InChI=1S/C25H28N2O2/c1-19-14-15-23(29-3)22(16-19)17-27(2)18-24(28)26-25(20-10-6-4-7-11-20)21-12-8-5-9-13-21/h4-16,25H,17-18H2,1-3H3,(H,26,28). The second-order valence-corrected chi connectivity index (χ2v) is 7.31. The van der Waals surface area contributed by atoms with Gasteiger partial charge in [0.05, 0.1) is 19.7 Å². The van der Waals surface area contributed by atoms with Crippen LogP contribution in [0.2, 0.25) is 0 Å². The van der Waals surface area contributed by atoms with E-state index in [9.17, 15) is 4.79 Å². The minimum Gasteiger partial charge on any atom is -0.496 e. The van der Waals surface area contributed by atoms with Crippen molar-refractivity contribution in [3.05, 3.63) is 101 Å². The first-order valence-corrected chi connectivity index (χ1v) is 9.78. The topological polar surface area (TPSA) is 41.6 Å². The molecule has 4 nitrogen and oxygen atoms in total. The molecule has 3 aromatic carbocycles. The van der Waals surface area contributed by atoms with E-state index < -0.39 is 0 Å². The van der Waals surface area contributed by atoms with E-state index in [1.807, 2.05) is 84.7 Å². The number of rotatable bonds is 8. The summed E-state index contributed by atoms with van der Waals surface area (Å²) in [5.74, 6) is 0.825. The number of methoxy groups -OCH3 is 1. The molecule has 0 bridgehead atoms. The fraction of sp³-hybridized carbons (Fsp3) is 0.240. The Bertz CT molecular complexity index is 887. The van der Waals surface area contributed by atoms with E-state index in [0.717, 1.165) is 22.4 Å². The van der Waals surface area contributed by atoms with Crippen LogP contribution >= 0.6 is 0 Å². The number of hydrogen-bond acceptors (Lipinski definition) is 3. The molecular formula is C25H28N2O2. The molecule has 150 valence electrons. The van der Waals surface area contributed by atoms with Gasteiger partial charge in [-0.1, -0.05) is 78.4 Å². The summed E-state index contributed by atoms with van der Waals surface area (Å²) >= 11 is 0. The lowest BCUT2D eigenvalue weighted by atomic mass is 9.99. The highest BCUT2D eigenvalue weighted by molar-refractivity contribution is 5.79. The number of benzene rings is 3. The molecule has 0 atom stereocenters. The fourth-order valence-electron chi connectivity index (χ4n) is 3.48. The van der Waals surface area contributed by atoms with E-state index in [1.54, 1.807) is 7.11 Å². The molecule has 0 unspecified atom stereocenters. The largest absolute Gasteiger partial charge is 0.496 e. The van der Waals surface area contributed by atoms with Gasteiger partial charge in [0.2, 0.25) is 5.91 Å². The van der Waals surface area contributed by atoms with Gasteiger partial charge in [-0.3, -0.25) is 9.69 Å². The van der Waals surface area contributed by atoms with Crippen molar-refractivity contribution >= 4 is 5.91 Å². The Balaban J connectivity index is 1.70. The Kier molecular flexibility index (Phi) is 7.04. The minimum absolute atomic E-state index is 0.0168. The third-order valence-electron chi connectivity index (χ3n) is 4.86. The summed E-state index contributed by atoms with van der Waals surface area (Å²) in [6.07, 6.45) is 0. The van der Waals surface area contributed by atoms with E-state index in [2.05, 4.69) is 18.3 Å². The molecule has 3 aromatic rings. The predicted molar refractivity (Wildman–Crippen MR) is 117 cm³/mol. The Labute approximate surface area is 173 Å². The van der Waals surface area contributed by atoms with Crippen LogP contribution in [0.4, 0.5) is 0 Å². The van der Waals surface area contributed by atoms with Crippen LogP contribution in [0.5, 0.6) is 5.75 Å². The average Bonchev–Trinajstić information content (AvgIpc) is 2.73. The molecule has 4 heteroatoms. The number of amides is 1. The molecule has 0 saturated carbocycles. The summed E-state index contributed by atoms with van der Waals surface area (Å²) in [5, 5.41) is 3.19. The second kappa shape index (κ2) is 9.89.